The van der Waals surface area contributed by atoms with Gasteiger partial charge in [0, 0.05) is 25.8 Å². The predicted molar refractivity (Wildman–Crippen MR) is 114 cm³/mol. The van der Waals surface area contributed by atoms with Crippen molar-refractivity contribution in [2.24, 2.45) is 10.9 Å². The summed E-state index contributed by atoms with van der Waals surface area (Å²) >= 11 is 0. The molecule has 2 N–H and O–H groups in total. The minimum Gasteiger partial charge on any atom is -0.490 e. The lowest BCUT2D eigenvalue weighted by atomic mass is 10.1. The molecule has 0 spiro atoms. The molecule has 2 aromatic rings. The van der Waals surface area contributed by atoms with E-state index >= 15 is 0 Å². The number of nitrogens with one attached hydrogen (secondary N) is 2. The van der Waals surface area contributed by atoms with Crippen LogP contribution in [0.15, 0.2) is 29.3 Å². The van der Waals surface area contributed by atoms with Crippen molar-refractivity contribution < 1.29 is 9.13 Å². The Hall–Kier alpha value is -2.57. The molecule has 0 saturated heterocycles. The van der Waals surface area contributed by atoms with E-state index in [1.807, 2.05) is 24.6 Å². The van der Waals surface area contributed by atoms with Gasteiger partial charge < -0.3 is 15.4 Å². The van der Waals surface area contributed by atoms with Crippen molar-refractivity contribution in [3.05, 3.63) is 47.0 Å². The van der Waals surface area contributed by atoms with Crippen LogP contribution in [0.1, 0.15) is 49.2 Å². The predicted octanol–water partition coefficient (Wildman–Crippen LogP) is 3.74. The third-order valence-electron chi connectivity index (χ3n) is 5.15. The summed E-state index contributed by atoms with van der Waals surface area (Å²) in [5.74, 6) is 1.31. The van der Waals surface area contributed by atoms with Gasteiger partial charge in [-0.15, -0.1) is 0 Å². The normalized spacial score (nSPS) is 15.3. The Kier molecular flexibility index (Phi) is 7.12. The van der Waals surface area contributed by atoms with E-state index in [-0.39, 0.29) is 11.9 Å². The Morgan fingerprint density at radius 1 is 1.34 bits per heavy atom. The summed E-state index contributed by atoms with van der Waals surface area (Å²) in [6.45, 7) is 8.29. The maximum Gasteiger partial charge on any atom is 0.191 e. The van der Waals surface area contributed by atoms with E-state index in [2.05, 4.69) is 33.7 Å². The molecule has 1 saturated carbocycles. The molecular formula is C22H32FN5O. The minimum atomic E-state index is -0.315. The molecule has 3 rings (SSSR count). The molecule has 1 aromatic carbocycles. The molecule has 158 valence electrons. The minimum absolute atomic E-state index is 0.0795. The van der Waals surface area contributed by atoms with Crippen LogP contribution in [-0.2, 0) is 6.54 Å². The van der Waals surface area contributed by atoms with Crippen LogP contribution >= 0.6 is 0 Å². The van der Waals surface area contributed by atoms with Crippen molar-refractivity contribution in [3.8, 4) is 5.75 Å². The zero-order chi connectivity index (χ0) is 20.8. The quantitative estimate of drug-likeness (QED) is 0.382. The van der Waals surface area contributed by atoms with Gasteiger partial charge in [0.15, 0.2) is 17.5 Å². The fraction of sp³-hybridized carbons (Fsp3) is 0.545. The second-order valence-electron chi connectivity index (χ2n) is 7.81. The molecule has 0 radical (unpaired) electrons. The largest absolute Gasteiger partial charge is 0.490 e. The Morgan fingerprint density at radius 3 is 2.76 bits per heavy atom. The average molecular weight is 402 g/mol. The summed E-state index contributed by atoms with van der Waals surface area (Å²) in [4.78, 5) is 4.27. The molecule has 1 fully saturated rings. The van der Waals surface area contributed by atoms with Crippen LogP contribution < -0.4 is 15.4 Å². The highest BCUT2D eigenvalue weighted by Gasteiger charge is 2.22. The van der Waals surface area contributed by atoms with E-state index < -0.39 is 0 Å². The van der Waals surface area contributed by atoms with E-state index in [1.165, 1.54) is 24.6 Å². The Bertz CT molecular complexity index is 844. The van der Waals surface area contributed by atoms with Crippen molar-refractivity contribution >= 4 is 5.96 Å². The van der Waals surface area contributed by atoms with Crippen molar-refractivity contribution in [2.45, 2.75) is 52.6 Å². The van der Waals surface area contributed by atoms with E-state index in [9.17, 15) is 4.39 Å². The third-order valence-corrected chi connectivity index (χ3v) is 5.15. The Morgan fingerprint density at radius 2 is 2.14 bits per heavy atom. The van der Waals surface area contributed by atoms with E-state index in [0.29, 0.717) is 24.2 Å². The number of guanidine groups is 1. The molecular weight excluding hydrogens is 369 g/mol. The number of aromatic nitrogens is 2. The summed E-state index contributed by atoms with van der Waals surface area (Å²) < 4.78 is 21.9. The third kappa shape index (κ3) is 6.21. The van der Waals surface area contributed by atoms with Gasteiger partial charge in [0.1, 0.15) is 0 Å². The van der Waals surface area contributed by atoms with Crippen molar-refractivity contribution in [2.75, 3.05) is 20.2 Å². The molecule has 1 heterocycles. The van der Waals surface area contributed by atoms with Gasteiger partial charge in [0.2, 0.25) is 0 Å². The highest BCUT2D eigenvalue weighted by atomic mass is 19.1. The van der Waals surface area contributed by atoms with E-state index in [1.54, 1.807) is 13.1 Å². The van der Waals surface area contributed by atoms with Gasteiger partial charge in [0.05, 0.1) is 18.3 Å². The van der Waals surface area contributed by atoms with E-state index in [0.717, 1.165) is 30.8 Å². The van der Waals surface area contributed by atoms with Crippen LogP contribution in [0.5, 0.6) is 5.75 Å². The SMILES string of the molecule is CN=C(NCCCn1nc(C)cc1C)NC(C)c1ccc(OCC2CC2)c(F)c1. The lowest BCUT2D eigenvalue weighted by Crippen LogP contribution is -2.39. The number of hydrogen-bond donors (Lipinski definition) is 2. The molecule has 0 amide bonds. The van der Waals surface area contributed by atoms with Crippen molar-refractivity contribution in [1.82, 2.24) is 20.4 Å². The summed E-state index contributed by atoms with van der Waals surface area (Å²) in [5, 5.41) is 11.1. The molecule has 6 nitrogen and oxygen atoms in total. The Balaban J connectivity index is 1.45. The average Bonchev–Trinajstić information content (AvgIpc) is 3.46. The summed E-state index contributed by atoms with van der Waals surface area (Å²) in [7, 11) is 1.73. The molecule has 1 atom stereocenters. The van der Waals surface area contributed by atoms with Gasteiger partial charge in [-0.05, 0) is 69.7 Å². The number of aliphatic imine (C=N–C) groups is 1. The molecule has 0 aliphatic heterocycles. The molecule has 1 aliphatic rings. The molecule has 0 bridgehead atoms. The maximum absolute atomic E-state index is 14.3. The second kappa shape index (κ2) is 9.76. The maximum atomic E-state index is 14.3. The van der Waals surface area contributed by atoms with Crippen LogP contribution in [0.25, 0.3) is 0 Å². The number of nitrogens with zero attached hydrogens (tertiary/aromatic N) is 3. The summed E-state index contributed by atoms with van der Waals surface area (Å²) in [6, 6.07) is 7.16. The number of hydrogen-bond acceptors (Lipinski definition) is 3. The zero-order valence-electron chi connectivity index (χ0n) is 17.8. The Labute approximate surface area is 172 Å². The lowest BCUT2D eigenvalue weighted by molar-refractivity contribution is 0.285. The number of rotatable bonds is 9. The van der Waals surface area contributed by atoms with Gasteiger partial charge in [-0.25, -0.2) is 4.39 Å². The number of aryl methyl sites for hydroxylation is 3. The second-order valence-corrected chi connectivity index (χ2v) is 7.81. The van der Waals surface area contributed by atoms with Crippen LogP contribution in [0.3, 0.4) is 0 Å². The smallest absolute Gasteiger partial charge is 0.191 e. The number of halogens is 1. The zero-order valence-corrected chi connectivity index (χ0v) is 17.8. The first-order valence-corrected chi connectivity index (χ1v) is 10.4. The molecule has 1 aliphatic carbocycles. The van der Waals surface area contributed by atoms with Gasteiger partial charge in [-0.3, -0.25) is 9.67 Å². The first-order valence-electron chi connectivity index (χ1n) is 10.4. The first-order chi connectivity index (χ1) is 14.0. The standard InChI is InChI=1S/C22H32FN5O/c1-15-12-16(2)28(27-15)11-5-10-25-22(24-4)26-17(3)19-8-9-21(20(23)13-19)29-14-18-6-7-18/h8-9,12-13,17-18H,5-7,10-11,14H2,1-4H3,(H2,24,25,26). The van der Waals surface area contributed by atoms with Crippen LogP contribution in [0, 0.1) is 25.6 Å². The van der Waals surface area contributed by atoms with Gasteiger partial charge in [0.25, 0.3) is 0 Å². The van der Waals surface area contributed by atoms with Crippen molar-refractivity contribution in [1.29, 1.82) is 0 Å². The lowest BCUT2D eigenvalue weighted by Gasteiger charge is -2.19. The topological polar surface area (TPSA) is 63.5 Å². The highest BCUT2D eigenvalue weighted by Crippen LogP contribution is 2.30. The molecule has 7 heteroatoms. The fourth-order valence-corrected chi connectivity index (χ4v) is 3.22. The molecule has 29 heavy (non-hydrogen) atoms. The van der Waals surface area contributed by atoms with Crippen LogP contribution in [0.4, 0.5) is 4.39 Å². The monoisotopic (exact) mass is 401 g/mol. The fourth-order valence-electron chi connectivity index (χ4n) is 3.22. The summed E-state index contributed by atoms with van der Waals surface area (Å²) in [5.41, 5.74) is 3.06. The van der Waals surface area contributed by atoms with E-state index in [4.69, 9.17) is 4.74 Å². The number of ether oxygens (including phenoxy) is 1. The highest BCUT2D eigenvalue weighted by molar-refractivity contribution is 5.80. The van der Waals surface area contributed by atoms with Gasteiger partial charge in [-0.2, -0.15) is 5.10 Å². The number of benzene rings is 1. The molecule has 1 aromatic heterocycles. The van der Waals surface area contributed by atoms with Gasteiger partial charge >= 0.3 is 0 Å². The van der Waals surface area contributed by atoms with Crippen LogP contribution in [-0.4, -0.2) is 35.9 Å². The van der Waals surface area contributed by atoms with Crippen LogP contribution in [0.2, 0.25) is 0 Å². The summed E-state index contributed by atoms with van der Waals surface area (Å²) in [6.07, 6.45) is 3.31. The molecule has 1 unspecified atom stereocenters. The first kappa shape index (κ1) is 21.1. The van der Waals surface area contributed by atoms with Gasteiger partial charge in [-0.1, -0.05) is 6.07 Å². The van der Waals surface area contributed by atoms with Crippen molar-refractivity contribution in [3.63, 3.8) is 0 Å².